The number of benzene rings is 1. The number of rotatable bonds is 4. The average molecular weight is 482 g/mol. The van der Waals surface area contributed by atoms with Gasteiger partial charge in [0.05, 0.1) is 17.9 Å². The predicted molar refractivity (Wildman–Crippen MR) is 129 cm³/mol. The highest BCUT2D eigenvalue weighted by atomic mass is 35.5. The van der Waals surface area contributed by atoms with E-state index in [1.165, 1.54) is 4.90 Å². The van der Waals surface area contributed by atoms with Crippen LogP contribution in [0.4, 0.5) is 10.5 Å². The predicted octanol–water partition coefficient (Wildman–Crippen LogP) is 3.60. The van der Waals surface area contributed by atoms with Gasteiger partial charge in [0.2, 0.25) is 5.91 Å². The molecular formula is C25H28ClN5O3. The van der Waals surface area contributed by atoms with Crippen molar-refractivity contribution in [3.05, 3.63) is 58.9 Å². The van der Waals surface area contributed by atoms with Crippen LogP contribution in [0.1, 0.15) is 31.0 Å². The van der Waals surface area contributed by atoms with Crippen LogP contribution in [0.5, 0.6) is 0 Å². The van der Waals surface area contributed by atoms with Crippen molar-refractivity contribution in [1.29, 1.82) is 5.26 Å². The number of likely N-dealkylation sites (tertiary alicyclic amines) is 1. The van der Waals surface area contributed by atoms with Crippen molar-refractivity contribution >= 4 is 29.3 Å². The minimum atomic E-state index is -1.01. The number of anilines is 1. The Bertz CT molecular complexity index is 1090. The zero-order chi connectivity index (χ0) is 24.5. The molecule has 2 aliphatic rings. The van der Waals surface area contributed by atoms with Crippen LogP contribution in [-0.4, -0.2) is 71.2 Å². The summed E-state index contributed by atoms with van der Waals surface area (Å²) < 4.78 is 0. The van der Waals surface area contributed by atoms with Crippen LogP contribution < -0.4 is 4.90 Å². The van der Waals surface area contributed by atoms with Gasteiger partial charge < -0.3 is 19.8 Å². The number of nitriles is 1. The highest BCUT2D eigenvalue weighted by Gasteiger charge is 2.49. The van der Waals surface area contributed by atoms with Crippen LogP contribution in [0, 0.1) is 17.2 Å². The minimum Gasteiger partial charge on any atom is -0.465 e. The van der Waals surface area contributed by atoms with Gasteiger partial charge >= 0.3 is 6.09 Å². The Hall–Kier alpha value is -3.31. The Balaban J connectivity index is 1.47. The number of piperidine rings is 1. The fraction of sp³-hybridized carbons (Fsp3) is 0.440. The molecule has 2 fully saturated rings. The molecule has 2 atom stereocenters. The third kappa shape index (κ3) is 4.53. The summed E-state index contributed by atoms with van der Waals surface area (Å²) >= 11 is 6.07. The number of nitrogens with zero attached hydrogens (tertiary/aromatic N) is 5. The first-order valence-electron chi connectivity index (χ1n) is 11.3. The summed E-state index contributed by atoms with van der Waals surface area (Å²) in [7, 11) is 1.57. The summed E-state index contributed by atoms with van der Waals surface area (Å²) in [5.74, 6) is -0.0231. The van der Waals surface area contributed by atoms with Gasteiger partial charge in [0.1, 0.15) is 11.8 Å². The topological polar surface area (TPSA) is 101 Å². The van der Waals surface area contributed by atoms with Gasteiger partial charge in [0, 0.05) is 49.6 Å². The molecule has 178 valence electrons. The summed E-state index contributed by atoms with van der Waals surface area (Å²) in [6.07, 6.45) is 2.12. The van der Waals surface area contributed by atoms with Gasteiger partial charge in [-0.05, 0) is 42.7 Å². The Morgan fingerprint density at radius 3 is 2.44 bits per heavy atom. The number of carboxylic acid groups (broad SMARTS) is 1. The molecule has 8 nitrogen and oxygen atoms in total. The molecule has 0 saturated carbocycles. The number of halogens is 1. The van der Waals surface area contributed by atoms with Crippen molar-refractivity contribution in [3.63, 3.8) is 0 Å². The number of hydrogen-bond donors (Lipinski definition) is 1. The molecule has 2 saturated heterocycles. The summed E-state index contributed by atoms with van der Waals surface area (Å²) in [6.45, 7) is 4.29. The lowest BCUT2D eigenvalue weighted by Crippen LogP contribution is -2.48. The highest BCUT2D eigenvalue weighted by molar-refractivity contribution is 6.30. The van der Waals surface area contributed by atoms with Gasteiger partial charge in [-0.1, -0.05) is 30.7 Å². The van der Waals surface area contributed by atoms with E-state index in [-0.39, 0.29) is 17.9 Å². The molecule has 1 aromatic heterocycles. The Kier molecular flexibility index (Phi) is 6.67. The van der Waals surface area contributed by atoms with Crippen molar-refractivity contribution in [2.75, 3.05) is 38.1 Å². The van der Waals surface area contributed by atoms with Gasteiger partial charge in [-0.2, -0.15) is 5.26 Å². The van der Waals surface area contributed by atoms with E-state index in [2.05, 4.69) is 9.88 Å². The third-order valence-electron chi connectivity index (χ3n) is 7.30. The number of hydrogen-bond acceptors (Lipinski definition) is 5. The van der Waals surface area contributed by atoms with Gasteiger partial charge in [-0.25, -0.2) is 9.78 Å². The Morgan fingerprint density at radius 1 is 1.21 bits per heavy atom. The molecule has 34 heavy (non-hydrogen) atoms. The summed E-state index contributed by atoms with van der Waals surface area (Å²) in [6, 6.07) is 12.7. The SMILES string of the molecule is CN(C(=O)O)[C@@H]1CN(C(=O)C2CCN(c3ccc(C#N)nc3)CC2)C[C@@]1(C)c1ccc(Cl)cc1. The van der Waals surface area contributed by atoms with E-state index in [1.807, 2.05) is 36.1 Å². The lowest BCUT2D eigenvalue weighted by atomic mass is 9.77. The molecule has 1 aromatic carbocycles. The van der Waals surface area contributed by atoms with E-state index < -0.39 is 11.5 Å². The number of carbonyl (C=O) groups excluding carboxylic acids is 1. The lowest BCUT2D eigenvalue weighted by molar-refractivity contribution is -0.135. The molecule has 0 bridgehead atoms. The van der Waals surface area contributed by atoms with E-state index >= 15 is 0 Å². The Morgan fingerprint density at radius 2 is 1.88 bits per heavy atom. The molecule has 2 aliphatic heterocycles. The molecule has 2 aromatic rings. The maximum absolute atomic E-state index is 13.5. The second-order valence-electron chi connectivity index (χ2n) is 9.33. The van der Waals surface area contributed by atoms with Crippen LogP contribution in [-0.2, 0) is 10.2 Å². The number of pyridine rings is 1. The maximum atomic E-state index is 13.5. The third-order valence-corrected chi connectivity index (χ3v) is 7.56. The standard InChI is InChI=1S/C25H28ClN5O3/c1-25(18-3-5-19(26)6-4-18)16-31(15-22(25)29(2)24(33)34)23(32)17-9-11-30(12-10-17)21-8-7-20(13-27)28-14-21/h3-8,14,17,22H,9-12,15-16H2,1-2H3,(H,33,34)/t22-,25+/m1/s1. The fourth-order valence-electron chi connectivity index (χ4n) is 5.22. The molecule has 4 rings (SSSR count). The zero-order valence-corrected chi connectivity index (χ0v) is 20.1. The first-order chi connectivity index (χ1) is 16.2. The molecule has 0 radical (unpaired) electrons. The largest absolute Gasteiger partial charge is 0.465 e. The van der Waals surface area contributed by atoms with Crippen molar-refractivity contribution in [1.82, 2.24) is 14.8 Å². The van der Waals surface area contributed by atoms with Crippen LogP contribution in [0.2, 0.25) is 5.02 Å². The highest BCUT2D eigenvalue weighted by Crippen LogP contribution is 2.39. The smallest absolute Gasteiger partial charge is 0.407 e. The second kappa shape index (κ2) is 9.51. The maximum Gasteiger partial charge on any atom is 0.407 e. The van der Waals surface area contributed by atoms with E-state index in [1.54, 1.807) is 31.4 Å². The summed E-state index contributed by atoms with van der Waals surface area (Å²) in [5, 5.41) is 19.2. The molecule has 1 N–H and O–H groups in total. The average Bonchev–Trinajstić information content (AvgIpc) is 3.22. The number of aromatic nitrogens is 1. The molecule has 0 aliphatic carbocycles. The van der Waals surface area contributed by atoms with Gasteiger partial charge in [0.25, 0.3) is 0 Å². The monoisotopic (exact) mass is 481 g/mol. The van der Waals surface area contributed by atoms with Crippen molar-refractivity contribution in [3.8, 4) is 6.07 Å². The van der Waals surface area contributed by atoms with Crippen LogP contribution in [0.3, 0.4) is 0 Å². The van der Waals surface area contributed by atoms with Crippen molar-refractivity contribution < 1.29 is 14.7 Å². The minimum absolute atomic E-state index is 0.0825. The first kappa shape index (κ1) is 23.8. The van der Waals surface area contributed by atoms with Crippen molar-refractivity contribution in [2.24, 2.45) is 5.92 Å². The lowest BCUT2D eigenvalue weighted by Gasteiger charge is -2.35. The first-order valence-corrected chi connectivity index (χ1v) is 11.7. The number of carbonyl (C=O) groups is 2. The Labute approximate surface area is 204 Å². The molecule has 9 heteroatoms. The van der Waals surface area contributed by atoms with Gasteiger partial charge in [0.15, 0.2) is 0 Å². The van der Waals surface area contributed by atoms with E-state index in [9.17, 15) is 14.7 Å². The van der Waals surface area contributed by atoms with E-state index in [0.717, 1.165) is 24.3 Å². The van der Waals surface area contributed by atoms with Crippen LogP contribution >= 0.6 is 11.6 Å². The zero-order valence-electron chi connectivity index (χ0n) is 19.3. The van der Waals surface area contributed by atoms with Gasteiger partial charge in [-0.3, -0.25) is 4.79 Å². The van der Waals surface area contributed by atoms with Crippen LogP contribution in [0.15, 0.2) is 42.6 Å². The quantitative estimate of drug-likeness (QED) is 0.716. The summed E-state index contributed by atoms with van der Waals surface area (Å²) in [4.78, 5) is 34.8. The normalized spacial score (nSPS) is 22.9. The number of amides is 2. The molecular weight excluding hydrogens is 454 g/mol. The second-order valence-corrected chi connectivity index (χ2v) is 9.76. The van der Waals surface area contributed by atoms with Crippen LogP contribution in [0.25, 0.3) is 0 Å². The van der Waals surface area contributed by atoms with E-state index in [0.29, 0.717) is 36.6 Å². The fourth-order valence-corrected chi connectivity index (χ4v) is 5.35. The molecule has 0 unspecified atom stereocenters. The summed E-state index contributed by atoms with van der Waals surface area (Å²) in [5.41, 5.74) is 1.76. The van der Waals surface area contributed by atoms with E-state index in [4.69, 9.17) is 16.9 Å². The molecule has 2 amide bonds. The van der Waals surface area contributed by atoms with Gasteiger partial charge in [-0.15, -0.1) is 0 Å². The number of likely N-dealkylation sites (N-methyl/N-ethyl adjacent to an activating group) is 1. The molecule has 0 spiro atoms. The molecule has 3 heterocycles. The van der Waals surface area contributed by atoms with Crippen molar-refractivity contribution in [2.45, 2.75) is 31.2 Å².